The van der Waals surface area contributed by atoms with Gasteiger partial charge in [0, 0.05) is 70.7 Å². The maximum Gasteiger partial charge on any atom is 0.176 e. The average molecular weight is 1340 g/mol. The fourth-order valence-electron chi connectivity index (χ4n) is 10.3. The summed E-state index contributed by atoms with van der Waals surface area (Å²) in [6, 6.07) is 41.2. The molecule has 3 aromatic carbocycles. The van der Waals surface area contributed by atoms with Gasteiger partial charge in [0.2, 0.25) is 0 Å². The zero-order chi connectivity index (χ0) is 68.6. The number of pyridine rings is 6. The van der Waals surface area contributed by atoms with E-state index in [4.69, 9.17) is 32.2 Å². The van der Waals surface area contributed by atoms with Gasteiger partial charge in [-0.2, -0.15) is 15.8 Å². The summed E-state index contributed by atoms with van der Waals surface area (Å²) in [5.41, 5.74) is 26.6. The van der Waals surface area contributed by atoms with Gasteiger partial charge < -0.3 is 33.2 Å². The molecule has 12 aromatic rings. The average Bonchev–Trinajstić information content (AvgIpc) is 0.781. The predicted molar refractivity (Wildman–Crippen MR) is 364 cm³/mol. The summed E-state index contributed by atoms with van der Waals surface area (Å²) in [5, 5.41) is 37.9. The molecule has 0 spiro atoms. The van der Waals surface area contributed by atoms with Crippen molar-refractivity contribution < 1.29 is 25.3 Å². The van der Waals surface area contributed by atoms with Crippen molar-refractivity contribution in [1.29, 1.82) is 15.8 Å². The molecule has 12 rings (SSSR count). The number of aromatic nitrogens is 12. The second-order valence-electron chi connectivity index (χ2n) is 21.6. The number of fused-ring (bicyclic) bond motifs is 3. The molecule has 9 heterocycles. The van der Waals surface area contributed by atoms with Crippen molar-refractivity contribution in [1.82, 2.24) is 59.8 Å². The smallest absolute Gasteiger partial charge is 0.176 e. The molecular weight excluding hydrogens is 1280 g/mol. The van der Waals surface area contributed by atoms with Crippen molar-refractivity contribution in [2.24, 2.45) is 0 Å². The Morgan fingerprint density at radius 1 is 0.365 bits per heavy atom. The van der Waals surface area contributed by atoms with E-state index in [0.717, 1.165) is 0 Å². The Hall–Kier alpha value is -12.3. The number of hydrogen-bond acceptors (Lipinski definition) is 27. The molecule has 0 radical (unpaired) electrons. The summed E-state index contributed by atoms with van der Waals surface area (Å²) >= 11 is 0. The molecule has 0 saturated heterocycles. The summed E-state index contributed by atoms with van der Waals surface area (Å²) < 4.78 is 74.8. The lowest BCUT2D eigenvalue weighted by molar-refractivity contribution is 0.600. The number of benzene rings is 3. The van der Waals surface area contributed by atoms with E-state index in [-0.39, 0.29) is 66.3 Å². The summed E-state index contributed by atoms with van der Waals surface area (Å²) in [7, 11) is -10.5. The normalized spacial score (nSPS) is 12.3. The molecule has 3 atom stereocenters. The number of nitrogens with one attached hydrogen (secondary N) is 3. The number of nitrogens with zero attached hydrogens (tertiary/aromatic N) is 15. The van der Waals surface area contributed by atoms with Crippen LogP contribution in [0.2, 0.25) is 0 Å². The van der Waals surface area contributed by atoms with E-state index in [2.05, 4.69) is 60.8 Å². The molecule has 0 aliphatic rings. The first-order valence-corrected chi connectivity index (χ1v) is 34.5. The summed E-state index contributed by atoms with van der Waals surface area (Å²) in [4.78, 5) is 51.9. The Labute approximate surface area is 551 Å². The number of anilines is 6. The molecule has 0 aliphatic heterocycles. The van der Waals surface area contributed by atoms with Gasteiger partial charge in [0.15, 0.2) is 29.5 Å². The van der Waals surface area contributed by atoms with E-state index < -0.39 is 47.6 Å². The lowest BCUT2D eigenvalue weighted by Crippen LogP contribution is -2.13. The van der Waals surface area contributed by atoms with Crippen molar-refractivity contribution in [2.45, 2.75) is 53.6 Å². The highest BCUT2D eigenvalue weighted by Crippen LogP contribution is 2.39. The molecule has 30 heteroatoms. The Kier molecular flexibility index (Phi) is 19.3. The van der Waals surface area contributed by atoms with Crippen LogP contribution in [0.5, 0.6) is 0 Å². The molecule has 0 bridgehead atoms. The van der Waals surface area contributed by atoms with Gasteiger partial charge in [-0.3, -0.25) is 15.0 Å². The van der Waals surface area contributed by atoms with Crippen LogP contribution in [0, 0.1) is 34.0 Å². The second kappa shape index (κ2) is 27.9. The molecule has 0 saturated carbocycles. The van der Waals surface area contributed by atoms with Gasteiger partial charge in [-0.25, -0.2) is 70.1 Å². The minimum atomic E-state index is -3.51. The lowest BCUT2D eigenvalue weighted by atomic mass is 9.99. The standard InChI is InChI=1S/3C22H19N7O2S/c3*1-13(28-22-16(11-23)21(24)26-12-27-22)15-10-18-17(7-5-9-25-18)29-20(15)14-6-3-4-8-19(14)32(2,30)31/h3*3-10,12-13H,1-2H3,(H3,24,26,27,28)/t2*13-;/m10./s1. The topological polar surface area (TPSA) is 443 Å². The van der Waals surface area contributed by atoms with E-state index in [1.54, 1.807) is 110 Å². The van der Waals surface area contributed by atoms with E-state index in [1.165, 1.54) is 37.7 Å². The fourth-order valence-corrected chi connectivity index (χ4v) is 13.0. The van der Waals surface area contributed by atoms with Gasteiger partial charge in [0.05, 0.1) is 83.0 Å². The highest BCUT2D eigenvalue weighted by Gasteiger charge is 2.27. The van der Waals surface area contributed by atoms with Crippen LogP contribution in [-0.2, 0) is 29.5 Å². The van der Waals surface area contributed by atoms with Crippen LogP contribution in [0.25, 0.3) is 66.9 Å². The van der Waals surface area contributed by atoms with Crippen molar-refractivity contribution >= 4 is 97.5 Å². The van der Waals surface area contributed by atoms with Crippen LogP contribution in [0.1, 0.15) is 72.3 Å². The number of sulfone groups is 3. The minimum Gasteiger partial charge on any atom is -0.382 e. The molecule has 9 N–H and O–H groups in total. The zero-order valence-corrected chi connectivity index (χ0v) is 54.4. The van der Waals surface area contributed by atoms with Crippen LogP contribution in [0.15, 0.2) is 180 Å². The number of nitrogens with two attached hydrogens (primary N) is 3. The van der Waals surface area contributed by atoms with Gasteiger partial charge in [0.25, 0.3) is 0 Å². The first-order valence-electron chi connectivity index (χ1n) is 28.8. The first-order chi connectivity index (χ1) is 45.9. The molecule has 0 amide bonds. The summed E-state index contributed by atoms with van der Waals surface area (Å²) in [6.07, 6.45) is 12.3. The Bertz CT molecular complexity index is 4980. The van der Waals surface area contributed by atoms with Gasteiger partial charge >= 0.3 is 0 Å². The van der Waals surface area contributed by atoms with Gasteiger partial charge in [-0.1, -0.05) is 54.6 Å². The Morgan fingerprint density at radius 2 is 0.625 bits per heavy atom. The van der Waals surface area contributed by atoms with Crippen LogP contribution < -0.4 is 33.2 Å². The number of nitriles is 3. The molecule has 96 heavy (non-hydrogen) atoms. The molecule has 9 aromatic heterocycles. The van der Waals surface area contributed by atoms with Gasteiger partial charge in [0.1, 0.15) is 88.8 Å². The molecule has 480 valence electrons. The summed E-state index contributed by atoms with van der Waals surface area (Å²) in [6.45, 7) is 5.58. The number of hydrogen-bond donors (Lipinski definition) is 6. The molecule has 0 fully saturated rings. The second-order valence-corrected chi connectivity index (χ2v) is 27.5. The van der Waals surface area contributed by atoms with Crippen molar-refractivity contribution in [3.05, 3.63) is 198 Å². The maximum atomic E-state index is 12.5. The van der Waals surface area contributed by atoms with Crippen molar-refractivity contribution in [3.8, 4) is 52.0 Å². The third kappa shape index (κ3) is 14.5. The Balaban J connectivity index is 0.000000157. The van der Waals surface area contributed by atoms with Crippen LogP contribution in [0.3, 0.4) is 0 Å². The maximum absolute atomic E-state index is 12.5. The summed E-state index contributed by atoms with van der Waals surface area (Å²) in [5.74, 6) is 1.03. The highest BCUT2D eigenvalue weighted by molar-refractivity contribution is 7.91. The van der Waals surface area contributed by atoms with E-state index in [9.17, 15) is 41.0 Å². The van der Waals surface area contributed by atoms with Crippen molar-refractivity contribution in [2.75, 3.05) is 51.9 Å². The molecule has 1 unspecified atom stereocenters. The number of nitrogen functional groups attached to an aromatic ring is 3. The third-order valence-electron chi connectivity index (χ3n) is 14.9. The van der Waals surface area contributed by atoms with Crippen molar-refractivity contribution in [3.63, 3.8) is 0 Å². The largest absolute Gasteiger partial charge is 0.382 e. The van der Waals surface area contributed by atoms with E-state index in [1.807, 2.05) is 75.4 Å². The molecule has 27 nitrogen and oxygen atoms in total. The highest BCUT2D eigenvalue weighted by atomic mass is 32.2. The van der Waals surface area contributed by atoms with E-state index >= 15 is 0 Å². The molecule has 0 aliphatic carbocycles. The van der Waals surface area contributed by atoms with Gasteiger partial charge in [-0.05, 0) is 93.6 Å². The minimum absolute atomic E-state index is 0.0677. The monoisotopic (exact) mass is 1340 g/mol. The van der Waals surface area contributed by atoms with Crippen LogP contribution in [-0.4, -0.2) is 104 Å². The zero-order valence-electron chi connectivity index (χ0n) is 51.9. The third-order valence-corrected chi connectivity index (χ3v) is 18.4. The number of rotatable bonds is 15. The lowest BCUT2D eigenvalue weighted by Gasteiger charge is -2.20. The SMILES string of the molecule is CC(Nc1ncnc(N)c1C#N)c1cc2ncccc2nc1-c1ccccc1S(C)(=O)=O.C[C@@H](Nc1ncnc(N)c1C#N)c1cc2ncccc2nc1-c1ccccc1S(C)(=O)=O.C[C@H](Nc1ncnc(N)c1C#N)c1cc2ncccc2nc1-c1ccccc1S(C)(=O)=O. The van der Waals surface area contributed by atoms with E-state index in [0.29, 0.717) is 83.6 Å². The van der Waals surface area contributed by atoms with Crippen LogP contribution in [0.4, 0.5) is 34.9 Å². The first kappa shape index (κ1) is 66.6. The Morgan fingerprint density at radius 3 is 0.875 bits per heavy atom. The quantitative estimate of drug-likeness (QED) is 0.0556. The molecular formula is C66H57N21O6S3. The fraction of sp³-hybridized carbons (Fsp3) is 0.136. The van der Waals surface area contributed by atoms with Gasteiger partial charge in [-0.15, -0.1) is 0 Å². The predicted octanol–water partition coefficient (Wildman–Crippen LogP) is 9.35. The van der Waals surface area contributed by atoms with Crippen LogP contribution >= 0.6 is 0 Å².